The second-order valence-electron chi connectivity index (χ2n) is 4.15. The summed E-state index contributed by atoms with van der Waals surface area (Å²) in [5.74, 6) is -0.773. The van der Waals surface area contributed by atoms with Crippen LogP contribution in [0.2, 0.25) is 0 Å². The molecule has 0 aliphatic rings. The van der Waals surface area contributed by atoms with Gasteiger partial charge in [-0.15, -0.1) is 0 Å². The summed E-state index contributed by atoms with van der Waals surface area (Å²) < 4.78 is 25.5. The monoisotopic (exact) mass is 296 g/mol. The molecule has 1 heterocycles. The van der Waals surface area contributed by atoms with Crippen molar-refractivity contribution in [2.45, 2.75) is 13.5 Å². The lowest BCUT2D eigenvalue weighted by Gasteiger charge is -2.09. The SMILES string of the molecule is Cc1cc([N+](=O)[O-])ccc1NC(=O)c1ccnn1C(F)F. The maximum Gasteiger partial charge on any atom is 0.333 e. The van der Waals surface area contributed by atoms with E-state index in [-0.39, 0.29) is 16.1 Å². The minimum atomic E-state index is -2.93. The molecule has 0 saturated heterocycles. The molecule has 0 spiro atoms. The Morgan fingerprint density at radius 2 is 2.14 bits per heavy atom. The summed E-state index contributed by atoms with van der Waals surface area (Å²) in [4.78, 5) is 22.0. The van der Waals surface area contributed by atoms with Gasteiger partial charge in [-0.1, -0.05) is 0 Å². The number of carbonyl (C=O) groups excluding carboxylic acids is 1. The molecule has 0 bridgehead atoms. The van der Waals surface area contributed by atoms with Crippen LogP contribution in [0.25, 0.3) is 0 Å². The molecule has 1 aromatic heterocycles. The van der Waals surface area contributed by atoms with Crippen LogP contribution in [-0.4, -0.2) is 20.6 Å². The topological polar surface area (TPSA) is 90.1 Å². The van der Waals surface area contributed by atoms with Gasteiger partial charge in [0.1, 0.15) is 5.69 Å². The number of hydrogen-bond acceptors (Lipinski definition) is 4. The number of nitrogens with one attached hydrogen (secondary N) is 1. The summed E-state index contributed by atoms with van der Waals surface area (Å²) in [7, 11) is 0. The molecule has 0 unspecified atom stereocenters. The molecule has 9 heteroatoms. The van der Waals surface area contributed by atoms with Crippen LogP contribution in [0.4, 0.5) is 20.2 Å². The molecule has 1 aromatic carbocycles. The van der Waals surface area contributed by atoms with Gasteiger partial charge in [0.25, 0.3) is 11.6 Å². The second-order valence-corrected chi connectivity index (χ2v) is 4.15. The number of nitro groups is 1. The van der Waals surface area contributed by atoms with Crippen LogP contribution in [0, 0.1) is 17.0 Å². The van der Waals surface area contributed by atoms with E-state index in [1.807, 2.05) is 0 Å². The van der Waals surface area contributed by atoms with Crippen molar-refractivity contribution >= 4 is 17.3 Å². The minimum absolute atomic E-state index is 0.122. The molecule has 7 nitrogen and oxygen atoms in total. The normalized spacial score (nSPS) is 10.7. The number of alkyl halides is 2. The molecular weight excluding hydrogens is 286 g/mol. The van der Waals surface area contributed by atoms with Gasteiger partial charge < -0.3 is 5.32 Å². The van der Waals surface area contributed by atoms with Crippen molar-refractivity contribution in [3.8, 4) is 0 Å². The van der Waals surface area contributed by atoms with Gasteiger partial charge in [0, 0.05) is 24.0 Å². The van der Waals surface area contributed by atoms with E-state index in [0.717, 1.165) is 12.3 Å². The van der Waals surface area contributed by atoms with E-state index in [9.17, 15) is 23.7 Å². The van der Waals surface area contributed by atoms with Crippen LogP contribution in [0.1, 0.15) is 22.6 Å². The summed E-state index contributed by atoms with van der Waals surface area (Å²) in [6, 6.07) is 4.99. The average molecular weight is 296 g/mol. The first-order valence-corrected chi connectivity index (χ1v) is 5.78. The first kappa shape index (κ1) is 14.6. The van der Waals surface area contributed by atoms with Crippen LogP contribution in [-0.2, 0) is 0 Å². The van der Waals surface area contributed by atoms with E-state index in [1.165, 1.54) is 18.2 Å². The number of benzene rings is 1. The Bertz CT molecular complexity index is 700. The van der Waals surface area contributed by atoms with Crippen molar-refractivity contribution < 1.29 is 18.5 Å². The van der Waals surface area contributed by atoms with Gasteiger partial charge in [-0.2, -0.15) is 18.6 Å². The van der Waals surface area contributed by atoms with Crippen molar-refractivity contribution in [3.63, 3.8) is 0 Å². The number of nitrogens with zero attached hydrogens (tertiary/aromatic N) is 3. The van der Waals surface area contributed by atoms with E-state index in [1.54, 1.807) is 6.92 Å². The Morgan fingerprint density at radius 1 is 1.43 bits per heavy atom. The largest absolute Gasteiger partial charge is 0.333 e. The number of halogens is 2. The predicted octanol–water partition coefficient (Wildman–Crippen LogP) is 2.75. The number of amides is 1. The molecule has 0 fully saturated rings. The van der Waals surface area contributed by atoms with Crippen LogP contribution >= 0.6 is 0 Å². The van der Waals surface area contributed by atoms with Crippen molar-refractivity contribution in [2.24, 2.45) is 0 Å². The molecule has 0 saturated carbocycles. The molecule has 110 valence electrons. The number of non-ortho nitro benzene ring substituents is 1. The van der Waals surface area contributed by atoms with Crippen molar-refractivity contribution in [2.75, 3.05) is 5.32 Å². The highest BCUT2D eigenvalue weighted by Gasteiger charge is 2.19. The smallest absolute Gasteiger partial charge is 0.320 e. The molecule has 1 amide bonds. The lowest BCUT2D eigenvalue weighted by atomic mass is 10.1. The number of carbonyl (C=O) groups is 1. The first-order chi connectivity index (χ1) is 9.90. The summed E-state index contributed by atoms with van der Waals surface area (Å²) in [6.07, 6.45) is 1.09. The minimum Gasteiger partial charge on any atom is -0.320 e. The third-order valence-electron chi connectivity index (χ3n) is 2.76. The fourth-order valence-corrected chi connectivity index (χ4v) is 1.74. The van der Waals surface area contributed by atoms with E-state index in [0.29, 0.717) is 11.3 Å². The zero-order valence-corrected chi connectivity index (χ0v) is 10.8. The molecule has 21 heavy (non-hydrogen) atoms. The Labute approximate surface area is 117 Å². The van der Waals surface area contributed by atoms with Crippen molar-refractivity contribution in [3.05, 3.63) is 51.8 Å². The second kappa shape index (κ2) is 5.65. The van der Waals surface area contributed by atoms with Gasteiger partial charge in [-0.3, -0.25) is 14.9 Å². The van der Waals surface area contributed by atoms with Crippen molar-refractivity contribution in [1.82, 2.24) is 9.78 Å². The number of aromatic nitrogens is 2. The molecule has 0 atom stereocenters. The Hall–Kier alpha value is -2.84. The third kappa shape index (κ3) is 3.02. The molecule has 2 rings (SSSR count). The molecule has 1 N–H and O–H groups in total. The van der Waals surface area contributed by atoms with E-state index in [2.05, 4.69) is 10.4 Å². The van der Waals surface area contributed by atoms with Crippen LogP contribution in [0.5, 0.6) is 0 Å². The zero-order valence-electron chi connectivity index (χ0n) is 10.8. The lowest BCUT2D eigenvalue weighted by Crippen LogP contribution is -2.18. The summed E-state index contributed by atoms with van der Waals surface area (Å²) in [5.41, 5.74) is 0.319. The number of rotatable bonds is 4. The standard InChI is InChI=1S/C12H10F2N4O3/c1-7-6-8(18(20)21)2-3-9(7)16-11(19)10-4-5-15-17(10)12(13)14/h2-6,12H,1H3,(H,16,19). The number of aryl methyl sites for hydroxylation is 1. The molecular formula is C12H10F2N4O3. The molecule has 2 aromatic rings. The van der Waals surface area contributed by atoms with Crippen molar-refractivity contribution in [1.29, 1.82) is 0 Å². The van der Waals surface area contributed by atoms with Gasteiger partial charge in [-0.05, 0) is 24.6 Å². The first-order valence-electron chi connectivity index (χ1n) is 5.78. The number of anilines is 1. The fraction of sp³-hybridized carbons (Fsp3) is 0.167. The Kier molecular flexibility index (Phi) is 3.92. The third-order valence-corrected chi connectivity index (χ3v) is 2.76. The predicted molar refractivity (Wildman–Crippen MR) is 69.3 cm³/mol. The Morgan fingerprint density at radius 3 is 2.71 bits per heavy atom. The average Bonchev–Trinajstić information content (AvgIpc) is 2.90. The summed E-state index contributed by atoms with van der Waals surface area (Å²) >= 11 is 0. The highest BCUT2D eigenvalue weighted by Crippen LogP contribution is 2.22. The van der Waals surface area contributed by atoms with Crippen LogP contribution in [0.15, 0.2) is 30.5 Å². The molecule has 0 aliphatic heterocycles. The van der Waals surface area contributed by atoms with Crippen LogP contribution < -0.4 is 5.32 Å². The van der Waals surface area contributed by atoms with Gasteiger partial charge in [0.05, 0.1) is 4.92 Å². The van der Waals surface area contributed by atoms with Crippen LogP contribution in [0.3, 0.4) is 0 Å². The number of hydrogen-bond donors (Lipinski definition) is 1. The van der Waals surface area contributed by atoms with E-state index in [4.69, 9.17) is 0 Å². The van der Waals surface area contributed by atoms with E-state index >= 15 is 0 Å². The fourth-order valence-electron chi connectivity index (χ4n) is 1.74. The molecule has 0 aliphatic carbocycles. The summed E-state index contributed by atoms with van der Waals surface area (Å²) in [5, 5.41) is 16.4. The maximum absolute atomic E-state index is 12.6. The van der Waals surface area contributed by atoms with Gasteiger partial charge in [-0.25, -0.2) is 0 Å². The number of nitro benzene ring substituents is 1. The highest BCUT2D eigenvalue weighted by molar-refractivity contribution is 6.03. The van der Waals surface area contributed by atoms with E-state index < -0.39 is 17.4 Å². The maximum atomic E-state index is 12.6. The summed E-state index contributed by atoms with van der Waals surface area (Å²) in [6.45, 7) is -1.37. The molecule has 0 radical (unpaired) electrons. The lowest BCUT2D eigenvalue weighted by molar-refractivity contribution is -0.384. The zero-order chi connectivity index (χ0) is 15.6. The Balaban J connectivity index is 2.24. The van der Waals surface area contributed by atoms with Gasteiger partial charge >= 0.3 is 6.55 Å². The van der Waals surface area contributed by atoms with Gasteiger partial charge in [0.2, 0.25) is 0 Å². The quantitative estimate of drug-likeness (QED) is 0.693. The van der Waals surface area contributed by atoms with Gasteiger partial charge in [0.15, 0.2) is 0 Å². The highest BCUT2D eigenvalue weighted by atomic mass is 19.3.